The van der Waals surface area contributed by atoms with Crippen molar-refractivity contribution in [1.82, 2.24) is 4.57 Å². The number of hydrogen-bond acceptors (Lipinski definition) is 3. The van der Waals surface area contributed by atoms with Gasteiger partial charge in [0.15, 0.2) is 0 Å². The maximum absolute atomic E-state index is 12.0. The number of amides is 1. The Hall–Kier alpha value is -1.62. The number of aryl methyl sites for hydroxylation is 1. The molecule has 1 amide bonds. The van der Waals surface area contributed by atoms with Crippen molar-refractivity contribution in [2.45, 2.75) is 64.7 Å². The summed E-state index contributed by atoms with van der Waals surface area (Å²) in [6.07, 6.45) is 6.43. The Balaban J connectivity index is 1.84. The Kier molecular flexibility index (Phi) is 5.56. The molecular weight excluding hydrogens is 268 g/mol. The van der Waals surface area contributed by atoms with Gasteiger partial charge in [0.2, 0.25) is 5.91 Å². The van der Waals surface area contributed by atoms with Gasteiger partial charge >= 0.3 is 0 Å². The lowest BCUT2D eigenvalue weighted by molar-refractivity contribution is -0.116. The summed E-state index contributed by atoms with van der Waals surface area (Å²) in [4.78, 5) is 23.6. The Labute approximate surface area is 125 Å². The molecule has 2 rings (SSSR count). The first-order valence-electron chi connectivity index (χ1n) is 7.74. The fourth-order valence-electron chi connectivity index (χ4n) is 2.63. The fourth-order valence-corrected chi connectivity index (χ4v) is 2.63. The topological polar surface area (TPSA) is 60.3 Å². The smallest absolute Gasteiger partial charge is 0.250 e. The van der Waals surface area contributed by atoms with Gasteiger partial charge in [0, 0.05) is 25.2 Å². The number of pyridine rings is 1. The van der Waals surface area contributed by atoms with Crippen LogP contribution >= 0.6 is 0 Å². The molecular formula is C16H24N2O3. The van der Waals surface area contributed by atoms with Crippen LogP contribution in [0.25, 0.3) is 0 Å². The summed E-state index contributed by atoms with van der Waals surface area (Å²) < 4.78 is 7.33. The summed E-state index contributed by atoms with van der Waals surface area (Å²) in [5.41, 5.74) is 0.636. The van der Waals surface area contributed by atoms with Crippen LogP contribution in [0, 0.1) is 0 Å². The highest BCUT2D eigenvalue weighted by atomic mass is 16.5. The molecule has 5 heteroatoms. The molecule has 5 nitrogen and oxygen atoms in total. The zero-order valence-corrected chi connectivity index (χ0v) is 12.8. The van der Waals surface area contributed by atoms with Crippen LogP contribution in [0.3, 0.4) is 0 Å². The molecule has 0 bridgehead atoms. The number of rotatable bonds is 6. The highest BCUT2D eigenvalue weighted by Gasteiger charge is 2.22. The molecule has 1 N–H and O–H groups in total. The van der Waals surface area contributed by atoms with Crippen LogP contribution in [0.2, 0.25) is 0 Å². The predicted molar refractivity (Wildman–Crippen MR) is 82.4 cm³/mol. The molecule has 21 heavy (non-hydrogen) atoms. The van der Waals surface area contributed by atoms with Crippen molar-refractivity contribution in [1.29, 1.82) is 0 Å². The third-order valence-electron chi connectivity index (χ3n) is 3.75. The number of carbonyl (C=O) groups excluding carboxylic acids is 1. The molecule has 0 spiro atoms. The van der Waals surface area contributed by atoms with E-state index in [0.717, 1.165) is 25.7 Å². The van der Waals surface area contributed by atoms with Crippen LogP contribution < -0.4 is 10.9 Å². The van der Waals surface area contributed by atoms with Gasteiger partial charge in [-0.15, -0.1) is 0 Å². The molecule has 1 saturated heterocycles. The SMILES string of the molecule is CCCn1cc(NC(=O)CC[C@@H]2CC[C@@H](C)O2)ccc1=O. The van der Waals surface area contributed by atoms with Gasteiger partial charge in [0.25, 0.3) is 5.56 Å². The zero-order valence-electron chi connectivity index (χ0n) is 12.8. The van der Waals surface area contributed by atoms with Crippen LogP contribution in [-0.4, -0.2) is 22.7 Å². The van der Waals surface area contributed by atoms with Crippen LogP contribution in [0.5, 0.6) is 0 Å². The first-order chi connectivity index (χ1) is 10.1. The van der Waals surface area contributed by atoms with Crippen molar-refractivity contribution in [2.75, 3.05) is 5.32 Å². The van der Waals surface area contributed by atoms with Crippen molar-refractivity contribution in [3.05, 3.63) is 28.7 Å². The second kappa shape index (κ2) is 7.41. The van der Waals surface area contributed by atoms with Crippen molar-refractivity contribution >= 4 is 11.6 Å². The van der Waals surface area contributed by atoms with Crippen molar-refractivity contribution < 1.29 is 9.53 Å². The summed E-state index contributed by atoms with van der Waals surface area (Å²) in [5.74, 6) is -0.0279. The highest BCUT2D eigenvalue weighted by molar-refractivity contribution is 5.90. The van der Waals surface area contributed by atoms with E-state index in [-0.39, 0.29) is 17.6 Å². The zero-order chi connectivity index (χ0) is 15.2. The average molecular weight is 292 g/mol. The minimum atomic E-state index is -0.0387. The highest BCUT2D eigenvalue weighted by Crippen LogP contribution is 2.22. The Morgan fingerprint density at radius 1 is 1.43 bits per heavy atom. The molecule has 0 aliphatic carbocycles. The second-order valence-corrected chi connectivity index (χ2v) is 5.68. The number of hydrogen-bond donors (Lipinski definition) is 1. The molecule has 0 aromatic carbocycles. The maximum atomic E-state index is 12.0. The van der Waals surface area contributed by atoms with Gasteiger partial charge in [-0.3, -0.25) is 9.59 Å². The first-order valence-corrected chi connectivity index (χ1v) is 7.74. The Morgan fingerprint density at radius 3 is 2.90 bits per heavy atom. The first kappa shape index (κ1) is 15.8. The van der Waals surface area contributed by atoms with E-state index in [2.05, 4.69) is 12.2 Å². The number of anilines is 1. The number of ether oxygens (including phenoxy) is 1. The molecule has 2 atom stereocenters. The van der Waals surface area contributed by atoms with Gasteiger partial charge in [-0.25, -0.2) is 0 Å². The number of nitrogens with zero attached hydrogens (tertiary/aromatic N) is 1. The summed E-state index contributed by atoms with van der Waals surface area (Å²) in [5, 5.41) is 2.85. The largest absolute Gasteiger partial charge is 0.375 e. The van der Waals surface area contributed by atoms with Gasteiger partial charge in [-0.1, -0.05) is 6.92 Å². The summed E-state index contributed by atoms with van der Waals surface area (Å²) in [6, 6.07) is 3.15. The van der Waals surface area contributed by atoms with E-state index in [1.54, 1.807) is 16.8 Å². The molecule has 116 valence electrons. The molecule has 0 radical (unpaired) electrons. The van der Waals surface area contributed by atoms with Crippen molar-refractivity contribution in [3.8, 4) is 0 Å². The van der Waals surface area contributed by atoms with Crippen LogP contribution in [-0.2, 0) is 16.1 Å². The van der Waals surface area contributed by atoms with Gasteiger partial charge in [0.05, 0.1) is 17.9 Å². The Morgan fingerprint density at radius 2 is 2.24 bits per heavy atom. The minimum Gasteiger partial charge on any atom is -0.375 e. The van der Waals surface area contributed by atoms with E-state index < -0.39 is 0 Å². The Bertz CT molecular complexity index is 539. The van der Waals surface area contributed by atoms with E-state index >= 15 is 0 Å². The van der Waals surface area contributed by atoms with Crippen molar-refractivity contribution in [2.24, 2.45) is 0 Å². The average Bonchev–Trinajstić information content (AvgIpc) is 2.86. The molecule has 1 aromatic heterocycles. The van der Waals surface area contributed by atoms with Gasteiger partial charge in [-0.05, 0) is 38.7 Å². The van der Waals surface area contributed by atoms with Crippen LogP contribution in [0.4, 0.5) is 5.69 Å². The van der Waals surface area contributed by atoms with E-state index in [9.17, 15) is 9.59 Å². The maximum Gasteiger partial charge on any atom is 0.250 e. The number of carbonyl (C=O) groups is 1. The standard InChI is InChI=1S/C16H24N2O3/c1-3-10-18-11-13(5-9-16(18)20)17-15(19)8-7-14-6-4-12(2)21-14/h5,9,11-12,14H,3-4,6-8,10H2,1-2H3,(H,17,19)/t12-,14+/m1/s1. The van der Waals surface area contributed by atoms with E-state index in [4.69, 9.17) is 4.74 Å². The lowest BCUT2D eigenvalue weighted by Gasteiger charge is -2.11. The number of nitrogens with one attached hydrogen (secondary N) is 1. The third kappa shape index (κ3) is 4.70. The van der Waals surface area contributed by atoms with Crippen LogP contribution in [0.15, 0.2) is 23.1 Å². The monoisotopic (exact) mass is 292 g/mol. The minimum absolute atomic E-state index is 0.0279. The fraction of sp³-hybridized carbons (Fsp3) is 0.625. The van der Waals surface area contributed by atoms with Crippen molar-refractivity contribution in [3.63, 3.8) is 0 Å². The van der Waals surface area contributed by atoms with E-state index in [1.165, 1.54) is 6.07 Å². The molecule has 0 saturated carbocycles. The summed E-state index contributed by atoms with van der Waals surface area (Å²) in [7, 11) is 0. The molecule has 1 aliphatic rings. The summed E-state index contributed by atoms with van der Waals surface area (Å²) >= 11 is 0. The molecule has 1 aromatic rings. The van der Waals surface area contributed by atoms with Gasteiger partial charge < -0.3 is 14.6 Å². The normalized spacial score (nSPS) is 21.4. The molecule has 2 heterocycles. The second-order valence-electron chi connectivity index (χ2n) is 5.68. The lowest BCUT2D eigenvalue weighted by Crippen LogP contribution is -2.21. The van der Waals surface area contributed by atoms with Gasteiger partial charge in [-0.2, -0.15) is 0 Å². The third-order valence-corrected chi connectivity index (χ3v) is 3.75. The number of aromatic nitrogens is 1. The predicted octanol–water partition coefficient (Wildman–Crippen LogP) is 2.54. The summed E-state index contributed by atoms with van der Waals surface area (Å²) in [6.45, 7) is 4.74. The molecule has 0 unspecified atom stereocenters. The lowest BCUT2D eigenvalue weighted by atomic mass is 10.1. The van der Waals surface area contributed by atoms with Crippen LogP contribution in [0.1, 0.15) is 46.0 Å². The van der Waals surface area contributed by atoms with Gasteiger partial charge in [0.1, 0.15) is 0 Å². The molecule has 1 fully saturated rings. The molecule has 1 aliphatic heterocycles. The van der Waals surface area contributed by atoms with E-state index in [1.807, 2.05) is 6.92 Å². The quantitative estimate of drug-likeness (QED) is 0.876. The van der Waals surface area contributed by atoms with E-state index in [0.29, 0.717) is 24.8 Å².